The van der Waals surface area contributed by atoms with Crippen LogP contribution in [0.2, 0.25) is 0 Å². The normalized spacial score (nSPS) is 23.0. The fraction of sp³-hybridized carbons (Fsp3) is 0.400. The molecule has 0 spiro atoms. The second kappa shape index (κ2) is 5.66. The van der Waals surface area contributed by atoms with Crippen LogP contribution in [0.3, 0.4) is 0 Å². The molecule has 1 aromatic heterocycles. The first-order valence-corrected chi connectivity index (χ1v) is 8.57. The molecule has 2 aromatic rings. The molecule has 0 aliphatic carbocycles. The number of thioether (sulfide) groups is 1. The number of rotatable bonds is 2. The Morgan fingerprint density at radius 3 is 2.45 bits per heavy atom. The minimum absolute atomic E-state index is 0.644. The van der Waals surface area contributed by atoms with Crippen molar-refractivity contribution in [3.8, 4) is 11.1 Å². The van der Waals surface area contributed by atoms with E-state index in [0.29, 0.717) is 16.3 Å². The first-order valence-electron chi connectivity index (χ1n) is 6.86. The molecule has 2 unspecified atom stereocenters. The van der Waals surface area contributed by atoms with E-state index in [9.17, 15) is 0 Å². The number of nitrogens with two attached hydrogens (primary N) is 1. The summed E-state index contributed by atoms with van der Waals surface area (Å²) in [5, 5.41) is 2.50. The van der Waals surface area contributed by atoms with Gasteiger partial charge in [0, 0.05) is 23.6 Å². The minimum atomic E-state index is 0.644. The largest absolute Gasteiger partial charge is 0.382 e. The van der Waals surface area contributed by atoms with E-state index in [1.807, 2.05) is 18.2 Å². The van der Waals surface area contributed by atoms with Crippen LogP contribution in [-0.2, 0) is 0 Å². The van der Waals surface area contributed by atoms with Gasteiger partial charge in [0.1, 0.15) is 10.8 Å². The van der Waals surface area contributed by atoms with E-state index in [0.717, 1.165) is 24.2 Å². The molecule has 1 fully saturated rings. The fourth-order valence-electron chi connectivity index (χ4n) is 2.73. The molecule has 1 aliphatic rings. The summed E-state index contributed by atoms with van der Waals surface area (Å²) in [6, 6.07) is 10.3. The zero-order valence-corrected chi connectivity index (χ0v) is 13.4. The summed E-state index contributed by atoms with van der Waals surface area (Å²) in [7, 11) is 0. The maximum absolute atomic E-state index is 6.12. The van der Waals surface area contributed by atoms with Crippen molar-refractivity contribution in [1.29, 1.82) is 0 Å². The van der Waals surface area contributed by atoms with Gasteiger partial charge in [-0.3, -0.25) is 0 Å². The predicted octanol–water partition coefficient (Wildman–Crippen LogP) is 3.72. The van der Waals surface area contributed by atoms with Gasteiger partial charge in [0.15, 0.2) is 0 Å². The van der Waals surface area contributed by atoms with Gasteiger partial charge < -0.3 is 10.6 Å². The summed E-state index contributed by atoms with van der Waals surface area (Å²) in [6.07, 6.45) is 0. The van der Waals surface area contributed by atoms with Gasteiger partial charge in [-0.2, -0.15) is 16.1 Å². The summed E-state index contributed by atoms with van der Waals surface area (Å²) < 4.78 is 4.39. The SMILES string of the molecule is CC1CN(c2snc(N)c2-c2ccccc2)CC(C)S1. The fourth-order valence-corrected chi connectivity index (χ4v) is 4.91. The van der Waals surface area contributed by atoms with Crippen molar-refractivity contribution in [1.82, 2.24) is 4.37 Å². The van der Waals surface area contributed by atoms with Crippen LogP contribution in [0, 0.1) is 0 Å². The molecule has 2 N–H and O–H groups in total. The molecule has 2 atom stereocenters. The van der Waals surface area contributed by atoms with Crippen molar-refractivity contribution >= 4 is 34.1 Å². The third-order valence-electron chi connectivity index (χ3n) is 3.47. The molecule has 106 valence electrons. The smallest absolute Gasteiger partial charge is 0.147 e. The molecule has 0 bridgehead atoms. The number of nitrogens with zero attached hydrogens (tertiary/aromatic N) is 2. The Morgan fingerprint density at radius 1 is 1.15 bits per heavy atom. The van der Waals surface area contributed by atoms with Crippen LogP contribution < -0.4 is 10.6 Å². The van der Waals surface area contributed by atoms with E-state index >= 15 is 0 Å². The van der Waals surface area contributed by atoms with Crippen molar-refractivity contribution in [2.75, 3.05) is 23.7 Å². The minimum Gasteiger partial charge on any atom is -0.382 e. The molecule has 3 nitrogen and oxygen atoms in total. The van der Waals surface area contributed by atoms with E-state index < -0.39 is 0 Å². The second-order valence-electron chi connectivity index (χ2n) is 5.28. The lowest BCUT2D eigenvalue weighted by Crippen LogP contribution is -2.40. The number of hydrogen-bond acceptors (Lipinski definition) is 5. The summed E-state index contributed by atoms with van der Waals surface area (Å²) >= 11 is 3.58. The zero-order chi connectivity index (χ0) is 14.1. The average molecular weight is 305 g/mol. The molecule has 20 heavy (non-hydrogen) atoms. The number of anilines is 2. The summed E-state index contributed by atoms with van der Waals surface area (Å²) in [4.78, 5) is 2.45. The predicted molar refractivity (Wildman–Crippen MR) is 90.7 cm³/mol. The van der Waals surface area contributed by atoms with Crippen LogP contribution in [0.25, 0.3) is 11.1 Å². The Bertz CT molecular complexity index is 572. The van der Waals surface area contributed by atoms with E-state index in [1.165, 1.54) is 16.5 Å². The molecule has 1 saturated heterocycles. The summed E-state index contributed by atoms with van der Waals surface area (Å²) in [5.41, 5.74) is 8.38. The third-order valence-corrected chi connectivity index (χ3v) is 5.62. The number of nitrogen functional groups attached to an aromatic ring is 1. The quantitative estimate of drug-likeness (QED) is 0.918. The van der Waals surface area contributed by atoms with Crippen LogP contribution in [0.1, 0.15) is 13.8 Å². The van der Waals surface area contributed by atoms with Gasteiger partial charge in [0.2, 0.25) is 0 Å². The molecule has 1 aromatic carbocycles. The Labute approximate surface area is 128 Å². The third kappa shape index (κ3) is 2.65. The second-order valence-corrected chi connectivity index (χ2v) is 7.91. The van der Waals surface area contributed by atoms with Crippen molar-refractivity contribution < 1.29 is 0 Å². The Hall–Kier alpha value is -1.20. The van der Waals surface area contributed by atoms with Gasteiger partial charge in [-0.15, -0.1) is 0 Å². The Morgan fingerprint density at radius 2 is 1.80 bits per heavy atom. The maximum atomic E-state index is 6.12. The highest BCUT2D eigenvalue weighted by molar-refractivity contribution is 8.00. The van der Waals surface area contributed by atoms with Gasteiger partial charge in [-0.1, -0.05) is 44.2 Å². The van der Waals surface area contributed by atoms with Crippen molar-refractivity contribution in [3.05, 3.63) is 30.3 Å². The highest BCUT2D eigenvalue weighted by Crippen LogP contribution is 2.41. The highest BCUT2D eigenvalue weighted by atomic mass is 32.2. The van der Waals surface area contributed by atoms with E-state index in [1.54, 1.807) is 0 Å². The standard InChI is InChI=1S/C15H19N3S2/c1-10-8-18(9-11(2)19-10)15-13(14(16)17-20-15)12-6-4-3-5-7-12/h3-7,10-11H,8-9H2,1-2H3,(H2,16,17). The summed E-state index contributed by atoms with van der Waals surface area (Å²) in [6.45, 7) is 6.72. The monoisotopic (exact) mass is 305 g/mol. The van der Waals surface area contributed by atoms with E-state index in [4.69, 9.17) is 5.73 Å². The maximum Gasteiger partial charge on any atom is 0.147 e. The van der Waals surface area contributed by atoms with Crippen LogP contribution in [0.5, 0.6) is 0 Å². The molecule has 2 heterocycles. The Balaban J connectivity index is 1.99. The molecule has 0 radical (unpaired) electrons. The lowest BCUT2D eigenvalue weighted by molar-refractivity contribution is 0.734. The lowest BCUT2D eigenvalue weighted by atomic mass is 10.1. The van der Waals surface area contributed by atoms with Crippen LogP contribution in [-0.4, -0.2) is 28.0 Å². The zero-order valence-electron chi connectivity index (χ0n) is 11.7. The molecular weight excluding hydrogens is 286 g/mol. The van der Waals surface area contributed by atoms with Crippen LogP contribution in [0.15, 0.2) is 30.3 Å². The Kier molecular flexibility index (Phi) is 3.89. The molecule has 3 rings (SSSR count). The number of hydrogen-bond donors (Lipinski definition) is 1. The van der Waals surface area contributed by atoms with Gasteiger partial charge in [-0.25, -0.2) is 0 Å². The average Bonchev–Trinajstić information content (AvgIpc) is 2.80. The molecule has 0 amide bonds. The van der Waals surface area contributed by atoms with E-state index in [2.05, 4.69) is 47.0 Å². The number of aromatic nitrogens is 1. The molecule has 1 aliphatic heterocycles. The van der Waals surface area contributed by atoms with Gasteiger partial charge in [0.25, 0.3) is 0 Å². The molecule has 5 heteroatoms. The highest BCUT2D eigenvalue weighted by Gasteiger charge is 2.26. The molecular formula is C15H19N3S2. The number of benzene rings is 1. The lowest BCUT2D eigenvalue weighted by Gasteiger charge is -2.35. The summed E-state index contributed by atoms with van der Waals surface area (Å²) in [5.74, 6) is 0.648. The van der Waals surface area contributed by atoms with Crippen molar-refractivity contribution in [2.45, 2.75) is 24.3 Å². The first-order chi connectivity index (χ1) is 9.65. The van der Waals surface area contributed by atoms with Gasteiger partial charge in [0.05, 0.1) is 5.56 Å². The molecule has 0 saturated carbocycles. The van der Waals surface area contributed by atoms with Crippen LogP contribution >= 0.6 is 23.3 Å². The first kappa shape index (κ1) is 13.8. The van der Waals surface area contributed by atoms with Gasteiger partial charge >= 0.3 is 0 Å². The van der Waals surface area contributed by atoms with Gasteiger partial charge in [-0.05, 0) is 17.1 Å². The van der Waals surface area contributed by atoms with Crippen molar-refractivity contribution in [3.63, 3.8) is 0 Å². The van der Waals surface area contributed by atoms with E-state index in [-0.39, 0.29) is 0 Å². The topological polar surface area (TPSA) is 42.2 Å². The van der Waals surface area contributed by atoms with Crippen molar-refractivity contribution in [2.24, 2.45) is 0 Å². The van der Waals surface area contributed by atoms with Crippen LogP contribution in [0.4, 0.5) is 10.8 Å².